The Morgan fingerprint density at radius 2 is 2.05 bits per heavy atom. The first-order chi connectivity index (χ1) is 10.1. The van der Waals surface area contributed by atoms with Crippen molar-refractivity contribution < 1.29 is 24.2 Å². The van der Waals surface area contributed by atoms with Gasteiger partial charge in [-0.25, -0.2) is 4.79 Å². The summed E-state index contributed by atoms with van der Waals surface area (Å²) in [5.41, 5.74) is -0.607. The lowest BCUT2D eigenvalue weighted by molar-refractivity contribution is -0.137. The van der Waals surface area contributed by atoms with Gasteiger partial charge in [0, 0.05) is 33.0 Å². The predicted molar refractivity (Wildman–Crippen MR) is 80.7 cm³/mol. The fourth-order valence-corrected chi connectivity index (χ4v) is 2.33. The van der Waals surface area contributed by atoms with Crippen LogP contribution in [0.5, 0.6) is 0 Å². The highest BCUT2D eigenvalue weighted by Gasteiger charge is 2.34. The van der Waals surface area contributed by atoms with Gasteiger partial charge in [0.15, 0.2) is 5.78 Å². The van der Waals surface area contributed by atoms with Crippen molar-refractivity contribution in [3.05, 3.63) is 0 Å². The molecule has 1 aliphatic rings. The Labute approximate surface area is 131 Å². The molecular weight excluding hydrogens is 288 g/mol. The molecule has 0 radical (unpaired) electrons. The van der Waals surface area contributed by atoms with Crippen LogP contribution in [-0.4, -0.2) is 71.1 Å². The summed E-state index contributed by atoms with van der Waals surface area (Å²) in [7, 11) is 1.57. The van der Waals surface area contributed by atoms with Crippen LogP contribution in [0.25, 0.3) is 0 Å². The number of hydrogen-bond acceptors (Lipinski definition) is 5. The molecule has 0 aromatic rings. The molecule has 1 rings (SSSR count). The third kappa shape index (κ3) is 6.01. The summed E-state index contributed by atoms with van der Waals surface area (Å²) in [6.45, 7) is 6.97. The van der Waals surface area contributed by atoms with Crippen molar-refractivity contribution in [3.8, 4) is 0 Å². The molecule has 22 heavy (non-hydrogen) atoms. The average molecular weight is 314 g/mol. The highest BCUT2D eigenvalue weighted by atomic mass is 16.6. The van der Waals surface area contributed by atoms with Crippen LogP contribution in [0.4, 0.5) is 4.79 Å². The van der Waals surface area contributed by atoms with Crippen molar-refractivity contribution in [1.82, 2.24) is 9.80 Å². The van der Waals surface area contributed by atoms with Crippen LogP contribution in [0.2, 0.25) is 0 Å². The van der Waals surface area contributed by atoms with Gasteiger partial charge in [-0.3, -0.25) is 14.5 Å². The maximum atomic E-state index is 12.1. The summed E-state index contributed by atoms with van der Waals surface area (Å²) >= 11 is 0. The molecule has 0 spiro atoms. The van der Waals surface area contributed by atoms with Gasteiger partial charge >= 0.3 is 12.1 Å². The molecule has 1 amide bonds. The predicted octanol–water partition coefficient (Wildman–Crippen LogP) is 1.36. The second-order valence-corrected chi connectivity index (χ2v) is 6.62. The van der Waals surface area contributed by atoms with E-state index in [1.54, 1.807) is 27.8 Å². The maximum Gasteiger partial charge on any atom is 0.410 e. The first-order valence-corrected chi connectivity index (χ1v) is 7.53. The fourth-order valence-electron chi connectivity index (χ4n) is 2.33. The Morgan fingerprint density at radius 3 is 2.59 bits per heavy atom. The Hall–Kier alpha value is -1.63. The van der Waals surface area contributed by atoms with Gasteiger partial charge in [0.05, 0.1) is 0 Å². The summed E-state index contributed by atoms with van der Waals surface area (Å²) in [4.78, 5) is 38.0. The van der Waals surface area contributed by atoms with E-state index in [0.717, 1.165) is 0 Å². The zero-order chi connectivity index (χ0) is 16.9. The quantitative estimate of drug-likeness (QED) is 0.824. The minimum atomic E-state index is -0.824. The van der Waals surface area contributed by atoms with E-state index < -0.39 is 23.7 Å². The van der Waals surface area contributed by atoms with Crippen molar-refractivity contribution in [2.45, 2.75) is 51.7 Å². The van der Waals surface area contributed by atoms with Crippen LogP contribution in [0, 0.1) is 0 Å². The van der Waals surface area contributed by atoms with E-state index in [4.69, 9.17) is 9.84 Å². The minimum Gasteiger partial charge on any atom is -0.481 e. The van der Waals surface area contributed by atoms with Crippen LogP contribution in [0.15, 0.2) is 0 Å². The number of likely N-dealkylation sites (tertiary alicyclic amines) is 1. The second kappa shape index (κ2) is 7.58. The lowest BCUT2D eigenvalue weighted by Crippen LogP contribution is -2.54. The Bertz CT molecular complexity index is 430. The molecule has 1 heterocycles. The topological polar surface area (TPSA) is 87.2 Å². The first-order valence-electron chi connectivity index (χ1n) is 7.53. The van der Waals surface area contributed by atoms with Gasteiger partial charge in [-0.1, -0.05) is 0 Å². The molecule has 7 heteroatoms. The standard InChI is InChI=1S/C15H26N2O5/c1-15(2,3)22-14(21)16(4)11-10-17(9-7-12(11)18)8-5-6-13(19)20/h11H,5-10H2,1-4H3,(H,19,20). The number of carboxylic acids is 1. The minimum absolute atomic E-state index is 0.0165. The molecular formula is C15H26N2O5. The lowest BCUT2D eigenvalue weighted by Gasteiger charge is -2.37. The molecule has 0 aliphatic carbocycles. The summed E-state index contributed by atoms with van der Waals surface area (Å²) in [5.74, 6) is -0.807. The molecule has 0 bridgehead atoms. The Balaban J connectivity index is 2.57. The molecule has 1 aliphatic heterocycles. The van der Waals surface area contributed by atoms with Gasteiger partial charge in [-0.2, -0.15) is 0 Å². The number of rotatable bonds is 5. The zero-order valence-corrected chi connectivity index (χ0v) is 13.8. The molecule has 0 aromatic heterocycles. The number of nitrogens with zero attached hydrogens (tertiary/aromatic N) is 2. The molecule has 1 N–H and O–H groups in total. The molecule has 1 fully saturated rings. The number of aliphatic carboxylic acids is 1. The van der Waals surface area contributed by atoms with Crippen LogP contribution >= 0.6 is 0 Å². The van der Waals surface area contributed by atoms with E-state index >= 15 is 0 Å². The smallest absolute Gasteiger partial charge is 0.410 e. The SMILES string of the molecule is CN(C(=O)OC(C)(C)C)C1CN(CCCC(=O)O)CCC1=O. The monoisotopic (exact) mass is 314 g/mol. The van der Waals surface area contributed by atoms with Crippen molar-refractivity contribution in [1.29, 1.82) is 0 Å². The number of Topliss-reactive ketones (excluding diaryl/α,β-unsaturated/α-hetero) is 1. The second-order valence-electron chi connectivity index (χ2n) is 6.62. The van der Waals surface area contributed by atoms with E-state index in [0.29, 0.717) is 32.5 Å². The third-order valence-electron chi connectivity index (χ3n) is 3.49. The summed E-state index contributed by atoms with van der Waals surface area (Å²) in [5, 5.41) is 8.66. The third-order valence-corrected chi connectivity index (χ3v) is 3.49. The number of ether oxygens (including phenoxy) is 1. The van der Waals surface area contributed by atoms with E-state index in [2.05, 4.69) is 0 Å². The summed E-state index contributed by atoms with van der Waals surface area (Å²) < 4.78 is 5.29. The van der Waals surface area contributed by atoms with Gasteiger partial charge in [-0.15, -0.1) is 0 Å². The maximum absolute atomic E-state index is 12.1. The van der Waals surface area contributed by atoms with E-state index in [9.17, 15) is 14.4 Å². The average Bonchev–Trinajstić information content (AvgIpc) is 2.37. The van der Waals surface area contributed by atoms with Crippen LogP contribution < -0.4 is 0 Å². The summed E-state index contributed by atoms with van der Waals surface area (Å²) in [6, 6.07) is -0.534. The molecule has 126 valence electrons. The number of carboxylic acid groups (broad SMARTS) is 1. The van der Waals surface area contributed by atoms with Crippen LogP contribution in [-0.2, 0) is 14.3 Å². The van der Waals surface area contributed by atoms with E-state index in [1.807, 2.05) is 4.90 Å². The van der Waals surface area contributed by atoms with Gasteiger partial charge in [0.25, 0.3) is 0 Å². The molecule has 1 unspecified atom stereocenters. The largest absolute Gasteiger partial charge is 0.481 e. The highest BCUT2D eigenvalue weighted by Crippen LogP contribution is 2.16. The van der Waals surface area contributed by atoms with Crippen molar-refractivity contribution in [2.75, 3.05) is 26.7 Å². The zero-order valence-electron chi connectivity index (χ0n) is 13.8. The van der Waals surface area contributed by atoms with Gasteiger partial charge in [-0.05, 0) is 33.7 Å². The Kier molecular flexibility index (Phi) is 6.34. The molecule has 0 saturated carbocycles. The molecule has 1 saturated heterocycles. The van der Waals surface area contributed by atoms with Crippen LogP contribution in [0.3, 0.4) is 0 Å². The van der Waals surface area contributed by atoms with Gasteiger partial charge < -0.3 is 14.7 Å². The Morgan fingerprint density at radius 1 is 1.41 bits per heavy atom. The normalized spacial score (nSPS) is 19.8. The highest BCUT2D eigenvalue weighted by molar-refractivity contribution is 5.88. The van der Waals surface area contributed by atoms with Gasteiger partial charge in [0.1, 0.15) is 11.6 Å². The van der Waals surface area contributed by atoms with Gasteiger partial charge in [0.2, 0.25) is 0 Å². The van der Waals surface area contributed by atoms with E-state index in [-0.39, 0.29) is 12.2 Å². The number of amides is 1. The number of carbonyl (C=O) groups is 3. The number of hydrogen-bond donors (Lipinski definition) is 1. The molecule has 0 aromatic carbocycles. The fraction of sp³-hybridized carbons (Fsp3) is 0.800. The number of piperidine rings is 1. The van der Waals surface area contributed by atoms with Crippen molar-refractivity contribution in [3.63, 3.8) is 0 Å². The van der Waals surface area contributed by atoms with Crippen molar-refractivity contribution >= 4 is 17.8 Å². The number of ketones is 1. The van der Waals surface area contributed by atoms with E-state index in [1.165, 1.54) is 4.90 Å². The summed E-state index contributed by atoms with van der Waals surface area (Å²) in [6.07, 6.45) is 0.493. The molecule has 7 nitrogen and oxygen atoms in total. The van der Waals surface area contributed by atoms with Crippen molar-refractivity contribution in [2.24, 2.45) is 0 Å². The lowest BCUT2D eigenvalue weighted by atomic mass is 10.0. The number of likely N-dealkylation sites (N-methyl/N-ethyl adjacent to an activating group) is 1. The molecule has 1 atom stereocenters. The number of carbonyl (C=O) groups excluding carboxylic acids is 2. The van der Waals surface area contributed by atoms with Crippen LogP contribution in [0.1, 0.15) is 40.0 Å². The first kappa shape index (κ1) is 18.4.